The highest BCUT2D eigenvalue weighted by Crippen LogP contribution is 2.30. The average molecular weight is 394 g/mol. The first-order valence-electron chi connectivity index (χ1n) is 6.10. The van der Waals surface area contributed by atoms with Crippen LogP contribution in [0.4, 0.5) is 13.2 Å². The van der Waals surface area contributed by atoms with Crippen LogP contribution < -0.4 is 4.72 Å². The maximum atomic E-state index is 12.6. The molecule has 0 aromatic heterocycles. The molecule has 0 unspecified atom stereocenters. The molecule has 2 aromatic carbocycles. The van der Waals surface area contributed by atoms with Gasteiger partial charge in [-0.05, 0) is 35.9 Å². The Morgan fingerprint density at radius 3 is 2.27 bits per heavy atom. The Bertz CT molecular complexity index is 758. The Morgan fingerprint density at radius 1 is 1.05 bits per heavy atom. The number of hydrogen-bond acceptors (Lipinski definition) is 2. The van der Waals surface area contributed by atoms with Crippen LogP contribution in [0.3, 0.4) is 0 Å². The highest BCUT2D eigenvalue weighted by atomic mass is 79.9. The first-order chi connectivity index (χ1) is 10.2. The molecule has 22 heavy (non-hydrogen) atoms. The SMILES string of the molecule is O=S(=O)(NCc1ccc(Br)cc1)c1cccc(C(F)(F)F)c1. The summed E-state index contributed by atoms with van der Waals surface area (Å²) in [7, 11) is -4.01. The van der Waals surface area contributed by atoms with Crippen molar-refractivity contribution in [1.82, 2.24) is 4.72 Å². The van der Waals surface area contributed by atoms with Crippen LogP contribution in [-0.2, 0) is 22.7 Å². The normalized spacial score (nSPS) is 12.4. The van der Waals surface area contributed by atoms with E-state index in [1.165, 1.54) is 0 Å². The van der Waals surface area contributed by atoms with E-state index in [0.29, 0.717) is 11.6 Å². The van der Waals surface area contributed by atoms with Crippen LogP contribution in [0.5, 0.6) is 0 Å². The van der Waals surface area contributed by atoms with Gasteiger partial charge in [0.2, 0.25) is 10.0 Å². The predicted octanol–water partition coefficient (Wildman–Crippen LogP) is 3.95. The summed E-state index contributed by atoms with van der Waals surface area (Å²) in [5.74, 6) is 0. The highest BCUT2D eigenvalue weighted by molar-refractivity contribution is 9.10. The lowest BCUT2D eigenvalue weighted by atomic mass is 10.2. The van der Waals surface area contributed by atoms with Gasteiger partial charge in [0.05, 0.1) is 10.5 Å². The van der Waals surface area contributed by atoms with Gasteiger partial charge in [-0.2, -0.15) is 13.2 Å². The summed E-state index contributed by atoms with van der Waals surface area (Å²) in [5.41, 5.74) is -0.308. The van der Waals surface area contributed by atoms with Crippen molar-refractivity contribution in [3.63, 3.8) is 0 Å². The van der Waals surface area contributed by atoms with Gasteiger partial charge in [0, 0.05) is 11.0 Å². The van der Waals surface area contributed by atoms with E-state index in [1.807, 2.05) is 0 Å². The molecule has 0 heterocycles. The summed E-state index contributed by atoms with van der Waals surface area (Å²) in [6.07, 6.45) is -4.59. The third-order valence-electron chi connectivity index (χ3n) is 2.85. The minimum atomic E-state index is -4.59. The molecule has 3 nitrogen and oxygen atoms in total. The summed E-state index contributed by atoms with van der Waals surface area (Å²) in [6, 6.07) is 10.5. The molecule has 2 aromatic rings. The van der Waals surface area contributed by atoms with Gasteiger partial charge in [0.25, 0.3) is 0 Å². The van der Waals surface area contributed by atoms with E-state index in [1.54, 1.807) is 24.3 Å². The van der Waals surface area contributed by atoms with Crippen molar-refractivity contribution in [2.75, 3.05) is 0 Å². The van der Waals surface area contributed by atoms with Crippen LogP contribution in [0.25, 0.3) is 0 Å². The van der Waals surface area contributed by atoms with Gasteiger partial charge in [0.15, 0.2) is 0 Å². The smallest absolute Gasteiger partial charge is 0.207 e. The minimum Gasteiger partial charge on any atom is -0.207 e. The largest absolute Gasteiger partial charge is 0.416 e. The van der Waals surface area contributed by atoms with Crippen LogP contribution in [0.15, 0.2) is 57.9 Å². The summed E-state index contributed by atoms with van der Waals surface area (Å²) >= 11 is 3.25. The highest BCUT2D eigenvalue weighted by Gasteiger charge is 2.31. The zero-order valence-corrected chi connectivity index (χ0v) is 13.5. The molecule has 2 rings (SSSR count). The Balaban J connectivity index is 2.18. The van der Waals surface area contributed by atoms with Gasteiger partial charge in [-0.25, -0.2) is 13.1 Å². The van der Waals surface area contributed by atoms with Gasteiger partial charge in [-0.15, -0.1) is 0 Å². The molecule has 0 radical (unpaired) electrons. The van der Waals surface area contributed by atoms with E-state index in [0.717, 1.165) is 22.7 Å². The Labute approximate surface area is 134 Å². The van der Waals surface area contributed by atoms with Crippen LogP contribution in [-0.4, -0.2) is 8.42 Å². The molecule has 118 valence electrons. The van der Waals surface area contributed by atoms with Crippen LogP contribution in [0.2, 0.25) is 0 Å². The fourth-order valence-electron chi connectivity index (χ4n) is 1.70. The van der Waals surface area contributed by atoms with Gasteiger partial charge in [-0.1, -0.05) is 34.1 Å². The first-order valence-corrected chi connectivity index (χ1v) is 8.37. The van der Waals surface area contributed by atoms with Gasteiger partial charge in [-0.3, -0.25) is 0 Å². The van der Waals surface area contributed by atoms with Crippen molar-refractivity contribution in [1.29, 1.82) is 0 Å². The molecule has 1 N–H and O–H groups in total. The maximum absolute atomic E-state index is 12.6. The third kappa shape index (κ3) is 4.31. The molecule has 0 saturated heterocycles. The molecule has 0 atom stereocenters. The second-order valence-corrected chi connectivity index (χ2v) is 7.16. The molecular formula is C14H11BrF3NO2S. The molecule has 0 aliphatic heterocycles. The fourth-order valence-corrected chi connectivity index (χ4v) is 3.03. The predicted molar refractivity (Wildman–Crippen MR) is 79.6 cm³/mol. The van der Waals surface area contributed by atoms with Crippen LogP contribution in [0.1, 0.15) is 11.1 Å². The van der Waals surface area contributed by atoms with E-state index in [4.69, 9.17) is 0 Å². The number of sulfonamides is 1. The molecule has 0 aliphatic carbocycles. The van der Waals surface area contributed by atoms with E-state index in [-0.39, 0.29) is 6.54 Å². The average Bonchev–Trinajstić information content (AvgIpc) is 2.46. The Morgan fingerprint density at radius 2 is 1.68 bits per heavy atom. The zero-order chi connectivity index (χ0) is 16.4. The lowest BCUT2D eigenvalue weighted by molar-refractivity contribution is -0.137. The topological polar surface area (TPSA) is 46.2 Å². The second kappa shape index (κ2) is 6.39. The molecule has 0 fully saturated rings. The minimum absolute atomic E-state index is 0.00808. The summed E-state index contributed by atoms with van der Waals surface area (Å²) in [5, 5.41) is 0. The van der Waals surface area contributed by atoms with Gasteiger partial charge in [0.1, 0.15) is 0 Å². The lowest BCUT2D eigenvalue weighted by Gasteiger charge is -2.10. The number of benzene rings is 2. The van der Waals surface area contributed by atoms with Crippen LogP contribution >= 0.6 is 15.9 Å². The molecule has 0 aliphatic rings. The number of hydrogen-bond donors (Lipinski definition) is 1. The molecular weight excluding hydrogens is 383 g/mol. The third-order valence-corrected chi connectivity index (χ3v) is 4.78. The fraction of sp³-hybridized carbons (Fsp3) is 0.143. The summed E-state index contributed by atoms with van der Waals surface area (Å²) in [6.45, 7) is -0.00808. The van der Waals surface area contributed by atoms with Crippen molar-refractivity contribution in [2.24, 2.45) is 0 Å². The molecule has 0 amide bonds. The van der Waals surface area contributed by atoms with Gasteiger partial charge >= 0.3 is 6.18 Å². The van der Waals surface area contributed by atoms with Crippen molar-refractivity contribution in [3.8, 4) is 0 Å². The van der Waals surface area contributed by atoms with E-state index >= 15 is 0 Å². The Kier molecular flexibility index (Phi) is 4.93. The second-order valence-electron chi connectivity index (χ2n) is 4.48. The van der Waals surface area contributed by atoms with Crippen molar-refractivity contribution in [3.05, 3.63) is 64.1 Å². The number of rotatable bonds is 4. The van der Waals surface area contributed by atoms with Crippen LogP contribution in [0, 0.1) is 0 Å². The van der Waals surface area contributed by atoms with Gasteiger partial charge < -0.3 is 0 Å². The van der Waals surface area contributed by atoms with Crippen molar-refractivity contribution < 1.29 is 21.6 Å². The standard InChI is InChI=1S/C14H11BrF3NO2S/c15-12-6-4-10(5-7-12)9-19-22(20,21)13-3-1-2-11(8-13)14(16,17)18/h1-8,19H,9H2. The van der Waals surface area contributed by atoms with Crippen molar-refractivity contribution >= 4 is 26.0 Å². The Hall–Kier alpha value is -1.38. The number of alkyl halides is 3. The molecule has 0 bridgehead atoms. The molecule has 8 heteroatoms. The first kappa shape index (κ1) is 17.0. The zero-order valence-electron chi connectivity index (χ0n) is 11.1. The molecule has 0 spiro atoms. The summed E-state index contributed by atoms with van der Waals surface area (Å²) in [4.78, 5) is -0.417. The number of halogens is 4. The summed E-state index contributed by atoms with van der Waals surface area (Å²) < 4.78 is 65.1. The monoisotopic (exact) mass is 393 g/mol. The van der Waals surface area contributed by atoms with E-state index in [2.05, 4.69) is 20.7 Å². The van der Waals surface area contributed by atoms with E-state index < -0.39 is 26.7 Å². The lowest BCUT2D eigenvalue weighted by Crippen LogP contribution is -2.23. The molecule has 0 saturated carbocycles. The number of nitrogens with one attached hydrogen (secondary N) is 1. The maximum Gasteiger partial charge on any atom is 0.416 e. The quantitative estimate of drug-likeness (QED) is 0.854. The van der Waals surface area contributed by atoms with Crippen molar-refractivity contribution in [2.45, 2.75) is 17.6 Å². The van der Waals surface area contributed by atoms with E-state index in [9.17, 15) is 21.6 Å².